The Morgan fingerprint density at radius 2 is 1.96 bits per heavy atom. The van der Waals surface area contributed by atoms with Gasteiger partial charge in [0.2, 0.25) is 15.9 Å². The number of carbonyl (C=O) groups excluding carboxylic acids is 1. The average molecular weight is 373 g/mol. The lowest BCUT2D eigenvalue weighted by Gasteiger charge is -2.23. The van der Waals surface area contributed by atoms with Gasteiger partial charge in [-0.15, -0.1) is 0 Å². The molecule has 25 heavy (non-hydrogen) atoms. The van der Waals surface area contributed by atoms with Crippen molar-refractivity contribution >= 4 is 21.7 Å². The van der Waals surface area contributed by atoms with Crippen LogP contribution in [0.5, 0.6) is 0 Å². The topological polar surface area (TPSA) is 79.4 Å². The summed E-state index contributed by atoms with van der Waals surface area (Å²) in [7, 11) is -2.29. The fraction of sp³-hybridized carbons (Fsp3) is 0.333. The van der Waals surface area contributed by atoms with E-state index >= 15 is 0 Å². The SMILES string of the molecule is CNS(=O)(=O)C1=CC=C2C(CC(=O)N2c2ccc(C(F)(F)F)cn2)C1. The first kappa shape index (κ1) is 17.6. The molecule has 0 saturated carbocycles. The number of amides is 1. The van der Waals surface area contributed by atoms with E-state index in [1.165, 1.54) is 24.1 Å². The minimum absolute atomic E-state index is 0.0745. The van der Waals surface area contributed by atoms with Crippen LogP contribution in [0.25, 0.3) is 0 Å². The molecule has 1 aliphatic heterocycles. The average Bonchev–Trinajstić information content (AvgIpc) is 2.89. The number of hydrogen-bond acceptors (Lipinski definition) is 4. The van der Waals surface area contributed by atoms with Gasteiger partial charge in [-0.05, 0) is 37.8 Å². The minimum atomic E-state index is -4.51. The smallest absolute Gasteiger partial charge is 0.274 e. The van der Waals surface area contributed by atoms with Crippen LogP contribution in [0.4, 0.5) is 19.0 Å². The predicted molar refractivity (Wildman–Crippen MR) is 83.6 cm³/mol. The van der Waals surface area contributed by atoms with Crippen LogP contribution in [-0.2, 0) is 21.0 Å². The van der Waals surface area contributed by atoms with Crippen molar-refractivity contribution in [3.8, 4) is 0 Å². The zero-order chi connectivity index (χ0) is 18.4. The molecule has 2 aliphatic rings. The van der Waals surface area contributed by atoms with E-state index < -0.39 is 21.8 Å². The number of pyridine rings is 1. The Labute approximate surface area is 142 Å². The Morgan fingerprint density at radius 1 is 1.24 bits per heavy atom. The molecule has 0 radical (unpaired) electrons. The third kappa shape index (κ3) is 3.19. The summed E-state index contributed by atoms with van der Waals surface area (Å²) in [5, 5.41) is 0. The summed E-state index contributed by atoms with van der Waals surface area (Å²) in [5.74, 6) is -0.597. The van der Waals surface area contributed by atoms with Crippen LogP contribution < -0.4 is 9.62 Å². The number of allylic oxidation sites excluding steroid dienone is 4. The Balaban J connectivity index is 1.94. The summed E-state index contributed by atoms with van der Waals surface area (Å²) in [6.45, 7) is 0. The van der Waals surface area contributed by atoms with E-state index in [1.54, 1.807) is 0 Å². The number of nitrogens with zero attached hydrogens (tertiary/aromatic N) is 2. The Kier molecular flexibility index (Phi) is 4.20. The summed E-state index contributed by atoms with van der Waals surface area (Å²) in [6.07, 6.45) is -0.711. The van der Waals surface area contributed by atoms with Crippen molar-refractivity contribution in [3.63, 3.8) is 0 Å². The molecule has 1 unspecified atom stereocenters. The largest absolute Gasteiger partial charge is 0.417 e. The molecular formula is C15H14F3N3O3S. The molecule has 0 bridgehead atoms. The van der Waals surface area contributed by atoms with Gasteiger partial charge in [0.25, 0.3) is 0 Å². The van der Waals surface area contributed by atoms with Gasteiger partial charge < -0.3 is 0 Å². The molecule has 2 heterocycles. The molecule has 6 nitrogen and oxygen atoms in total. The molecule has 10 heteroatoms. The summed E-state index contributed by atoms with van der Waals surface area (Å²) >= 11 is 0. The van der Waals surface area contributed by atoms with E-state index in [9.17, 15) is 26.4 Å². The molecule has 0 spiro atoms. The van der Waals surface area contributed by atoms with Crippen molar-refractivity contribution in [1.29, 1.82) is 0 Å². The number of nitrogens with one attached hydrogen (secondary N) is 1. The molecule has 134 valence electrons. The van der Waals surface area contributed by atoms with Gasteiger partial charge in [-0.25, -0.2) is 18.1 Å². The van der Waals surface area contributed by atoms with E-state index in [2.05, 4.69) is 9.71 Å². The molecule has 1 amide bonds. The van der Waals surface area contributed by atoms with E-state index in [4.69, 9.17) is 0 Å². The van der Waals surface area contributed by atoms with Gasteiger partial charge in [0, 0.05) is 24.2 Å². The first-order valence-corrected chi connectivity index (χ1v) is 8.82. The molecule has 1 N–H and O–H groups in total. The number of rotatable bonds is 3. The lowest BCUT2D eigenvalue weighted by atomic mass is 9.97. The van der Waals surface area contributed by atoms with Crippen LogP contribution in [0.1, 0.15) is 18.4 Å². The van der Waals surface area contributed by atoms with Crippen LogP contribution >= 0.6 is 0 Å². The first-order chi connectivity index (χ1) is 11.6. The maximum absolute atomic E-state index is 12.6. The fourth-order valence-electron chi connectivity index (χ4n) is 2.89. The van der Waals surface area contributed by atoms with Crippen molar-refractivity contribution in [1.82, 2.24) is 9.71 Å². The maximum atomic E-state index is 12.6. The molecule has 3 rings (SSSR count). The van der Waals surface area contributed by atoms with Gasteiger partial charge in [0.15, 0.2) is 0 Å². The lowest BCUT2D eigenvalue weighted by Crippen LogP contribution is -2.26. The second-order valence-electron chi connectivity index (χ2n) is 5.67. The molecule has 1 fully saturated rings. The highest BCUT2D eigenvalue weighted by molar-refractivity contribution is 7.93. The first-order valence-electron chi connectivity index (χ1n) is 7.34. The van der Waals surface area contributed by atoms with Crippen molar-refractivity contribution < 1.29 is 26.4 Å². The molecule has 1 aromatic rings. The minimum Gasteiger partial charge on any atom is -0.274 e. The third-order valence-electron chi connectivity index (χ3n) is 4.15. The van der Waals surface area contributed by atoms with Gasteiger partial charge in [-0.2, -0.15) is 13.2 Å². The molecule has 1 saturated heterocycles. The number of halogens is 3. The van der Waals surface area contributed by atoms with Gasteiger partial charge in [-0.3, -0.25) is 9.69 Å². The number of anilines is 1. The van der Waals surface area contributed by atoms with E-state index in [0.717, 1.165) is 12.1 Å². The molecule has 0 aromatic carbocycles. The Morgan fingerprint density at radius 3 is 2.52 bits per heavy atom. The molecular weight excluding hydrogens is 359 g/mol. The van der Waals surface area contributed by atoms with Gasteiger partial charge in [0.1, 0.15) is 5.82 Å². The van der Waals surface area contributed by atoms with Crippen molar-refractivity contribution in [2.75, 3.05) is 11.9 Å². The number of carbonyl (C=O) groups is 1. The number of alkyl halides is 3. The van der Waals surface area contributed by atoms with E-state index in [-0.39, 0.29) is 35.4 Å². The van der Waals surface area contributed by atoms with Crippen LogP contribution in [0.15, 0.2) is 41.1 Å². The summed E-state index contributed by atoms with van der Waals surface area (Å²) < 4.78 is 63.9. The summed E-state index contributed by atoms with van der Waals surface area (Å²) in [6, 6.07) is 1.99. The third-order valence-corrected chi connectivity index (χ3v) is 5.68. The number of hydrogen-bond donors (Lipinski definition) is 1. The van der Waals surface area contributed by atoms with Gasteiger partial charge in [-0.1, -0.05) is 0 Å². The number of sulfonamides is 1. The zero-order valence-corrected chi connectivity index (χ0v) is 13.9. The summed E-state index contributed by atoms with van der Waals surface area (Å²) in [4.78, 5) is 17.4. The van der Waals surface area contributed by atoms with Crippen LogP contribution in [0.3, 0.4) is 0 Å². The van der Waals surface area contributed by atoms with Crippen LogP contribution in [0.2, 0.25) is 0 Å². The van der Waals surface area contributed by atoms with Crippen molar-refractivity contribution in [2.45, 2.75) is 19.0 Å². The highest BCUT2D eigenvalue weighted by Crippen LogP contribution is 2.40. The quantitative estimate of drug-likeness (QED) is 0.881. The number of aromatic nitrogens is 1. The maximum Gasteiger partial charge on any atom is 0.417 e. The zero-order valence-electron chi connectivity index (χ0n) is 13.0. The van der Waals surface area contributed by atoms with Crippen LogP contribution in [-0.4, -0.2) is 26.4 Å². The standard InChI is InChI=1S/C15H14F3N3O3S/c1-19-25(23,24)11-3-4-12-9(6-11)7-14(22)21(12)13-5-2-10(8-20-13)15(16,17)18/h2-5,8-9,19H,6-7H2,1H3. The highest BCUT2D eigenvalue weighted by Gasteiger charge is 2.40. The van der Waals surface area contributed by atoms with Crippen molar-refractivity contribution in [2.24, 2.45) is 5.92 Å². The fourth-order valence-corrected chi connectivity index (χ4v) is 3.82. The highest BCUT2D eigenvalue weighted by atomic mass is 32.2. The molecule has 1 aromatic heterocycles. The number of fused-ring (bicyclic) bond motifs is 1. The second-order valence-corrected chi connectivity index (χ2v) is 7.61. The summed E-state index contributed by atoms with van der Waals surface area (Å²) in [5.41, 5.74) is -0.369. The van der Waals surface area contributed by atoms with Crippen LogP contribution in [0, 0.1) is 5.92 Å². The Hall–Kier alpha value is -2.20. The monoisotopic (exact) mass is 373 g/mol. The molecule has 1 atom stereocenters. The predicted octanol–water partition coefficient (Wildman–Crippen LogP) is 2.17. The lowest BCUT2D eigenvalue weighted by molar-refractivity contribution is -0.137. The van der Waals surface area contributed by atoms with Crippen molar-refractivity contribution in [3.05, 3.63) is 46.6 Å². The normalized spacial score (nSPS) is 21.0. The van der Waals surface area contributed by atoms with E-state index in [1.807, 2.05) is 0 Å². The Bertz CT molecular complexity index is 874. The van der Waals surface area contributed by atoms with Gasteiger partial charge in [0.05, 0.1) is 10.5 Å². The second kappa shape index (κ2) is 5.95. The van der Waals surface area contributed by atoms with E-state index in [0.29, 0.717) is 11.9 Å². The van der Waals surface area contributed by atoms with Gasteiger partial charge >= 0.3 is 6.18 Å². The molecule has 1 aliphatic carbocycles.